The van der Waals surface area contributed by atoms with Crippen LogP contribution in [0.2, 0.25) is 0 Å². The minimum atomic E-state index is -0.442. The van der Waals surface area contributed by atoms with Crippen LogP contribution in [0.5, 0.6) is 11.5 Å². The summed E-state index contributed by atoms with van der Waals surface area (Å²) in [6, 6.07) is 8.56. The lowest BCUT2D eigenvalue weighted by Crippen LogP contribution is -2.10. The van der Waals surface area contributed by atoms with Crippen molar-refractivity contribution < 1.29 is 19.1 Å². The molecular formula is C17H20N2O4. The van der Waals surface area contributed by atoms with Gasteiger partial charge in [-0.15, -0.1) is 0 Å². The molecule has 0 saturated heterocycles. The molecule has 0 aliphatic heterocycles. The number of pyridine rings is 1. The summed E-state index contributed by atoms with van der Waals surface area (Å²) < 4.78 is 10.7. The van der Waals surface area contributed by atoms with Crippen LogP contribution in [-0.4, -0.2) is 30.4 Å². The number of rotatable bonds is 6. The first kappa shape index (κ1) is 18.2. The van der Waals surface area contributed by atoms with Crippen molar-refractivity contribution >= 4 is 12.2 Å². The minimum absolute atomic E-state index is 0.442. The van der Waals surface area contributed by atoms with E-state index in [-0.39, 0.29) is 0 Å². The molecule has 0 bridgehead atoms. The molecule has 0 radical (unpaired) electrons. The van der Waals surface area contributed by atoms with E-state index in [9.17, 15) is 9.59 Å². The molecule has 0 fully saturated rings. The molecule has 0 atom stereocenters. The van der Waals surface area contributed by atoms with Gasteiger partial charge in [-0.05, 0) is 38.1 Å². The number of amides is 1. The van der Waals surface area contributed by atoms with E-state index in [2.05, 4.69) is 4.98 Å². The number of carbonyl (C=O) groups excluding carboxylic acids is 2. The predicted molar refractivity (Wildman–Crippen MR) is 86.9 cm³/mol. The van der Waals surface area contributed by atoms with Gasteiger partial charge >= 0.3 is 0 Å². The normalized spacial score (nSPS) is 9.30. The topological polar surface area (TPSA) is 91.5 Å². The van der Waals surface area contributed by atoms with Gasteiger partial charge in [-0.25, -0.2) is 0 Å². The van der Waals surface area contributed by atoms with E-state index < -0.39 is 5.91 Å². The number of hydrogen-bond acceptors (Lipinski definition) is 5. The van der Waals surface area contributed by atoms with Gasteiger partial charge in [0.2, 0.25) is 5.91 Å². The zero-order valence-electron chi connectivity index (χ0n) is 13.2. The molecule has 1 heterocycles. The van der Waals surface area contributed by atoms with E-state index in [1.165, 1.54) is 6.20 Å². The van der Waals surface area contributed by atoms with E-state index >= 15 is 0 Å². The molecule has 2 aromatic rings. The van der Waals surface area contributed by atoms with Crippen molar-refractivity contribution in [2.75, 3.05) is 13.2 Å². The largest absolute Gasteiger partial charge is 0.490 e. The summed E-state index contributed by atoms with van der Waals surface area (Å²) in [5.74, 6) is 0.717. The summed E-state index contributed by atoms with van der Waals surface area (Å²) in [7, 11) is 0. The van der Waals surface area contributed by atoms with Crippen LogP contribution in [0, 0.1) is 0 Å². The molecule has 6 heteroatoms. The fraction of sp³-hybridized carbons (Fsp3) is 0.235. The number of primary amides is 1. The first-order valence-electron chi connectivity index (χ1n) is 7.17. The fourth-order valence-electron chi connectivity index (χ4n) is 1.70. The Hall–Kier alpha value is -2.89. The van der Waals surface area contributed by atoms with E-state index in [1.807, 2.05) is 13.8 Å². The third-order valence-electron chi connectivity index (χ3n) is 2.67. The Morgan fingerprint density at radius 2 is 1.91 bits per heavy atom. The summed E-state index contributed by atoms with van der Waals surface area (Å²) in [5.41, 5.74) is 5.90. The standard InChI is InChI=1S/C11H14O3.C6H6N2O/c1-3-13-10-7-5-6-9(8-12)11(10)14-4-2;7-6(9)5-2-1-3-8-4-5/h5-8H,3-4H2,1-2H3;1-4H,(H2,7,9). The maximum Gasteiger partial charge on any atom is 0.250 e. The number of nitrogens with zero attached hydrogens (tertiary/aromatic N) is 1. The number of nitrogens with two attached hydrogens (primary N) is 1. The van der Waals surface area contributed by atoms with Crippen LogP contribution in [0.1, 0.15) is 34.6 Å². The molecule has 0 unspecified atom stereocenters. The molecule has 6 nitrogen and oxygen atoms in total. The first-order valence-corrected chi connectivity index (χ1v) is 7.17. The summed E-state index contributed by atoms with van der Waals surface area (Å²) in [6.07, 6.45) is 3.79. The van der Waals surface area contributed by atoms with Gasteiger partial charge in [0, 0.05) is 12.4 Å². The van der Waals surface area contributed by atoms with Gasteiger partial charge in [-0.1, -0.05) is 6.07 Å². The van der Waals surface area contributed by atoms with Crippen LogP contribution < -0.4 is 15.2 Å². The Labute approximate surface area is 135 Å². The zero-order chi connectivity index (χ0) is 17.1. The summed E-state index contributed by atoms with van der Waals surface area (Å²) in [6.45, 7) is 4.84. The van der Waals surface area contributed by atoms with Crippen LogP contribution in [0.25, 0.3) is 0 Å². The van der Waals surface area contributed by atoms with Crippen molar-refractivity contribution in [3.05, 3.63) is 53.9 Å². The van der Waals surface area contributed by atoms with Gasteiger partial charge in [-0.2, -0.15) is 0 Å². The lowest BCUT2D eigenvalue weighted by atomic mass is 10.2. The molecule has 1 amide bonds. The Balaban J connectivity index is 0.000000253. The number of hydrogen-bond donors (Lipinski definition) is 1. The lowest BCUT2D eigenvalue weighted by molar-refractivity contribution is 0.0999. The molecule has 1 aromatic carbocycles. The van der Waals surface area contributed by atoms with Gasteiger partial charge in [0.1, 0.15) is 0 Å². The van der Waals surface area contributed by atoms with Crippen LogP contribution in [0.15, 0.2) is 42.7 Å². The molecule has 2 N–H and O–H groups in total. The Morgan fingerprint density at radius 1 is 1.17 bits per heavy atom. The minimum Gasteiger partial charge on any atom is -0.490 e. The fourth-order valence-corrected chi connectivity index (χ4v) is 1.70. The Bertz CT molecular complexity index is 630. The SMILES string of the molecule is CCOc1cccc(C=O)c1OCC.NC(=O)c1cccnc1. The van der Waals surface area contributed by atoms with E-state index in [1.54, 1.807) is 36.5 Å². The number of aldehydes is 1. The van der Waals surface area contributed by atoms with Gasteiger partial charge in [0.05, 0.1) is 24.3 Å². The average molecular weight is 316 g/mol. The zero-order valence-corrected chi connectivity index (χ0v) is 13.2. The smallest absolute Gasteiger partial charge is 0.250 e. The molecule has 0 spiro atoms. The maximum atomic E-state index is 10.7. The monoisotopic (exact) mass is 316 g/mol. The number of carbonyl (C=O) groups is 2. The quantitative estimate of drug-likeness (QED) is 0.827. The van der Waals surface area contributed by atoms with Crippen LogP contribution in [-0.2, 0) is 0 Å². The summed E-state index contributed by atoms with van der Waals surface area (Å²) in [5, 5.41) is 0. The molecule has 23 heavy (non-hydrogen) atoms. The molecule has 2 rings (SSSR count). The van der Waals surface area contributed by atoms with E-state index in [0.717, 1.165) is 6.29 Å². The maximum absolute atomic E-state index is 10.7. The summed E-state index contributed by atoms with van der Waals surface area (Å²) in [4.78, 5) is 24.8. The first-order chi connectivity index (χ1) is 11.1. The molecule has 1 aromatic heterocycles. The Morgan fingerprint density at radius 3 is 2.39 bits per heavy atom. The molecule has 122 valence electrons. The number of ether oxygens (including phenoxy) is 2. The van der Waals surface area contributed by atoms with Crippen molar-refractivity contribution in [2.45, 2.75) is 13.8 Å². The second-order valence-corrected chi connectivity index (χ2v) is 4.26. The number of aromatic nitrogens is 1. The number of para-hydroxylation sites is 1. The van der Waals surface area contributed by atoms with Gasteiger partial charge in [-0.3, -0.25) is 14.6 Å². The van der Waals surface area contributed by atoms with Crippen molar-refractivity contribution in [1.29, 1.82) is 0 Å². The summed E-state index contributed by atoms with van der Waals surface area (Å²) >= 11 is 0. The second-order valence-electron chi connectivity index (χ2n) is 4.26. The van der Waals surface area contributed by atoms with E-state index in [4.69, 9.17) is 15.2 Å². The number of benzene rings is 1. The molecular weight excluding hydrogens is 296 g/mol. The van der Waals surface area contributed by atoms with Crippen LogP contribution in [0.3, 0.4) is 0 Å². The average Bonchev–Trinajstić information content (AvgIpc) is 2.58. The molecule has 0 aliphatic rings. The van der Waals surface area contributed by atoms with Crippen molar-refractivity contribution in [3.8, 4) is 11.5 Å². The van der Waals surface area contributed by atoms with Gasteiger partial charge in [0.15, 0.2) is 17.8 Å². The van der Waals surface area contributed by atoms with Crippen LogP contribution in [0.4, 0.5) is 0 Å². The van der Waals surface area contributed by atoms with Crippen LogP contribution >= 0.6 is 0 Å². The third kappa shape index (κ3) is 5.78. The highest BCUT2D eigenvalue weighted by Crippen LogP contribution is 2.30. The third-order valence-corrected chi connectivity index (χ3v) is 2.67. The highest BCUT2D eigenvalue weighted by molar-refractivity contribution is 5.92. The van der Waals surface area contributed by atoms with Crippen molar-refractivity contribution in [3.63, 3.8) is 0 Å². The van der Waals surface area contributed by atoms with Crippen molar-refractivity contribution in [1.82, 2.24) is 4.98 Å². The van der Waals surface area contributed by atoms with Gasteiger partial charge in [0.25, 0.3) is 0 Å². The van der Waals surface area contributed by atoms with Crippen molar-refractivity contribution in [2.24, 2.45) is 5.73 Å². The predicted octanol–water partition coefficient (Wildman–Crippen LogP) is 2.48. The molecule has 0 aliphatic carbocycles. The van der Waals surface area contributed by atoms with Gasteiger partial charge < -0.3 is 15.2 Å². The highest BCUT2D eigenvalue weighted by atomic mass is 16.5. The lowest BCUT2D eigenvalue weighted by Gasteiger charge is -2.11. The van der Waals surface area contributed by atoms with E-state index in [0.29, 0.717) is 35.8 Å². The highest BCUT2D eigenvalue weighted by Gasteiger charge is 2.09. The Kier molecular flexibility index (Phi) is 7.85. The molecule has 0 saturated carbocycles. The second kappa shape index (κ2) is 9.94.